The first-order valence-corrected chi connectivity index (χ1v) is 10.8. The third-order valence-corrected chi connectivity index (χ3v) is 5.68. The molecule has 2 heterocycles. The Morgan fingerprint density at radius 1 is 1.09 bits per heavy atom. The third kappa shape index (κ3) is 5.35. The lowest BCUT2D eigenvalue weighted by atomic mass is 10.1. The number of nitrogens with one attached hydrogen (secondary N) is 2. The van der Waals surface area contributed by atoms with Crippen molar-refractivity contribution in [1.82, 2.24) is 20.2 Å². The fraction of sp³-hybridized carbons (Fsp3) is 0.320. The van der Waals surface area contributed by atoms with E-state index in [4.69, 9.17) is 4.74 Å². The van der Waals surface area contributed by atoms with Crippen molar-refractivity contribution in [2.75, 3.05) is 7.11 Å². The van der Waals surface area contributed by atoms with Crippen molar-refractivity contribution in [3.63, 3.8) is 0 Å². The molecule has 1 aromatic heterocycles. The molecule has 2 N–H and O–H groups in total. The van der Waals surface area contributed by atoms with Gasteiger partial charge in [-0.15, -0.1) is 0 Å². The number of ether oxygens (including phenoxy) is 1. The molecule has 32 heavy (non-hydrogen) atoms. The van der Waals surface area contributed by atoms with Gasteiger partial charge in [-0.05, 0) is 48.7 Å². The number of aromatic nitrogens is 2. The smallest absolute Gasteiger partial charge is 0.251 e. The Morgan fingerprint density at radius 3 is 2.53 bits per heavy atom. The Bertz CT molecular complexity index is 1090. The molecule has 7 nitrogen and oxygen atoms in total. The summed E-state index contributed by atoms with van der Waals surface area (Å²) in [6.07, 6.45) is 4.10. The number of nitrogens with zero attached hydrogens (tertiary/aromatic N) is 2. The summed E-state index contributed by atoms with van der Waals surface area (Å²) in [5.41, 5.74) is 3.50. The molecule has 1 unspecified atom stereocenters. The molecule has 2 aromatic carbocycles. The normalized spacial score (nSPS) is 15.0. The van der Waals surface area contributed by atoms with Crippen LogP contribution in [0.5, 0.6) is 5.75 Å². The second kappa shape index (κ2) is 9.68. The van der Waals surface area contributed by atoms with E-state index < -0.39 is 0 Å². The number of aryl methyl sites for hydroxylation is 2. The van der Waals surface area contributed by atoms with Crippen molar-refractivity contribution < 1.29 is 14.3 Å². The van der Waals surface area contributed by atoms with Gasteiger partial charge in [0.05, 0.1) is 19.2 Å². The van der Waals surface area contributed by atoms with E-state index in [1.807, 2.05) is 49.5 Å². The third-order valence-electron chi connectivity index (χ3n) is 5.68. The second-order valence-corrected chi connectivity index (χ2v) is 8.16. The van der Waals surface area contributed by atoms with Crippen LogP contribution in [0.3, 0.4) is 0 Å². The number of imidazole rings is 1. The van der Waals surface area contributed by atoms with Crippen LogP contribution in [-0.4, -0.2) is 34.5 Å². The van der Waals surface area contributed by atoms with Crippen LogP contribution < -0.4 is 15.4 Å². The molecule has 3 aromatic rings. The number of rotatable bonds is 7. The molecule has 0 spiro atoms. The van der Waals surface area contributed by atoms with Gasteiger partial charge in [0.15, 0.2) is 0 Å². The van der Waals surface area contributed by atoms with E-state index in [1.54, 1.807) is 19.2 Å². The predicted molar refractivity (Wildman–Crippen MR) is 122 cm³/mol. The zero-order valence-corrected chi connectivity index (χ0v) is 18.4. The summed E-state index contributed by atoms with van der Waals surface area (Å²) in [6.45, 7) is 3.16. The minimum Gasteiger partial charge on any atom is -0.497 e. The van der Waals surface area contributed by atoms with E-state index in [-0.39, 0.29) is 17.9 Å². The van der Waals surface area contributed by atoms with Crippen LogP contribution >= 0.6 is 0 Å². The Kier molecular flexibility index (Phi) is 6.54. The highest BCUT2D eigenvalue weighted by Crippen LogP contribution is 2.16. The fourth-order valence-corrected chi connectivity index (χ4v) is 3.94. The quantitative estimate of drug-likeness (QED) is 0.601. The van der Waals surface area contributed by atoms with Gasteiger partial charge >= 0.3 is 0 Å². The molecule has 0 saturated carbocycles. The number of hydrogen-bond acceptors (Lipinski definition) is 4. The first-order chi connectivity index (χ1) is 15.5. The summed E-state index contributed by atoms with van der Waals surface area (Å²) in [4.78, 5) is 29.4. The first-order valence-electron chi connectivity index (χ1n) is 10.8. The Labute approximate surface area is 187 Å². The van der Waals surface area contributed by atoms with Gasteiger partial charge in [0.1, 0.15) is 11.6 Å². The van der Waals surface area contributed by atoms with Crippen LogP contribution in [0.4, 0.5) is 0 Å². The SMILES string of the molecule is COc1ccc(CC(=O)NCc2ccc(C(=O)NC3CCc4nc(C)cn4C3)cc2)cc1. The molecule has 166 valence electrons. The van der Waals surface area contributed by atoms with Gasteiger partial charge in [-0.3, -0.25) is 9.59 Å². The summed E-state index contributed by atoms with van der Waals surface area (Å²) >= 11 is 0. The van der Waals surface area contributed by atoms with Gasteiger partial charge in [0, 0.05) is 37.3 Å². The fourth-order valence-electron chi connectivity index (χ4n) is 3.94. The van der Waals surface area contributed by atoms with E-state index >= 15 is 0 Å². The summed E-state index contributed by atoms with van der Waals surface area (Å²) in [5.74, 6) is 1.73. The van der Waals surface area contributed by atoms with Crippen LogP contribution in [0.15, 0.2) is 54.7 Å². The predicted octanol–water partition coefficient (Wildman–Crippen LogP) is 2.80. The molecular formula is C25H28N4O3. The van der Waals surface area contributed by atoms with Crippen molar-refractivity contribution in [2.24, 2.45) is 0 Å². The summed E-state index contributed by atoms with van der Waals surface area (Å²) in [7, 11) is 1.61. The molecular weight excluding hydrogens is 404 g/mol. The van der Waals surface area contributed by atoms with Crippen molar-refractivity contribution in [3.05, 3.63) is 82.9 Å². The topological polar surface area (TPSA) is 85.2 Å². The van der Waals surface area contributed by atoms with Crippen molar-refractivity contribution in [2.45, 2.75) is 45.3 Å². The molecule has 0 bridgehead atoms. The van der Waals surface area contributed by atoms with E-state index in [0.717, 1.165) is 47.8 Å². The number of amides is 2. The zero-order chi connectivity index (χ0) is 22.5. The molecule has 0 saturated heterocycles. The van der Waals surface area contributed by atoms with Crippen LogP contribution in [0, 0.1) is 6.92 Å². The number of carbonyl (C=O) groups excluding carboxylic acids is 2. The second-order valence-electron chi connectivity index (χ2n) is 8.16. The van der Waals surface area contributed by atoms with Gasteiger partial charge < -0.3 is 19.9 Å². The van der Waals surface area contributed by atoms with Gasteiger partial charge in [0.25, 0.3) is 5.91 Å². The lowest BCUT2D eigenvalue weighted by molar-refractivity contribution is -0.120. The highest BCUT2D eigenvalue weighted by atomic mass is 16.5. The minimum absolute atomic E-state index is 0.0524. The Hall–Kier alpha value is -3.61. The molecule has 0 aliphatic carbocycles. The van der Waals surface area contributed by atoms with E-state index in [1.165, 1.54) is 0 Å². The van der Waals surface area contributed by atoms with E-state index in [0.29, 0.717) is 18.5 Å². The molecule has 1 aliphatic rings. The van der Waals surface area contributed by atoms with Crippen LogP contribution in [-0.2, 0) is 30.7 Å². The maximum Gasteiger partial charge on any atom is 0.251 e. The molecule has 0 fully saturated rings. The summed E-state index contributed by atoms with van der Waals surface area (Å²) in [5, 5.41) is 6.05. The van der Waals surface area contributed by atoms with Crippen molar-refractivity contribution >= 4 is 11.8 Å². The molecule has 2 amide bonds. The maximum atomic E-state index is 12.6. The van der Waals surface area contributed by atoms with Crippen LogP contribution in [0.2, 0.25) is 0 Å². The van der Waals surface area contributed by atoms with Crippen molar-refractivity contribution in [1.29, 1.82) is 0 Å². The van der Waals surface area contributed by atoms with Gasteiger partial charge in [0.2, 0.25) is 5.91 Å². The van der Waals surface area contributed by atoms with Crippen LogP contribution in [0.1, 0.15) is 39.4 Å². The lowest BCUT2D eigenvalue weighted by Crippen LogP contribution is -2.40. The molecule has 7 heteroatoms. The van der Waals surface area contributed by atoms with Gasteiger partial charge in [-0.25, -0.2) is 4.98 Å². The molecule has 4 rings (SSSR count). The number of fused-ring (bicyclic) bond motifs is 1. The zero-order valence-electron chi connectivity index (χ0n) is 18.4. The molecule has 0 radical (unpaired) electrons. The molecule has 1 aliphatic heterocycles. The standard InChI is InChI=1S/C25H28N4O3/c1-17-15-29-16-21(9-12-23(29)27-17)28-25(31)20-7-3-19(4-8-20)14-26-24(30)13-18-5-10-22(32-2)11-6-18/h3-8,10-11,15,21H,9,12-14,16H2,1-2H3,(H,26,30)(H,28,31). The first kappa shape index (κ1) is 21.6. The van der Waals surface area contributed by atoms with E-state index in [9.17, 15) is 9.59 Å². The Balaban J connectivity index is 1.25. The van der Waals surface area contributed by atoms with Crippen molar-refractivity contribution in [3.8, 4) is 5.75 Å². The summed E-state index contributed by atoms with van der Waals surface area (Å²) < 4.78 is 7.26. The monoisotopic (exact) mass is 432 g/mol. The average molecular weight is 433 g/mol. The number of hydrogen-bond donors (Lipinski definition) is 2. The molecule has 1 atom stereocenters. The largest absolute Gasteiger partial charge is 0.497 e. The maximum absolute atomic E-state index is 12.6. The van der Waals surface area contributed by atoms with Crippen LogP contribution in [0.25, 0.3) is 0 Å². The number of carbonyl (C=O) groups is 2. The number of benzene rings is 2. The summed E-state index contributed by atoms with van der Waals surface area (Å²) in [6, 6.07) is 14.9. The average Bonchev–Trinajstić information content (AvgIpc) is 3.18. The van der Waals surface area contributed by atoms with Gasteiger partial charge in [-0.2, -0.15) is 0 Å². The van der Waals surface area contributed by atoms with Gasteiger partial charge in [-0.1, -0.05) is 24.3 Å². The Morgan fingerprint density at radius 2 is 1.81 bits per heavy atom. The van der Waals surface area contributed by atoms with E-state index in [2.05, 4.69) is 20.2 Å². The minimum atomic E-state index is -0.0784. The highest BCUT2D eigenvalue weighted by Gasteiger charge is 2.21. The lowest BCUT2D eigenvalue weighted by Gasteiger charge is -2.24. The number of methoxy groups -OCH3 is 1. The highest BCUT2D eigenvalue weighted by molar-refractivity contribution is 5.94.